The van der Waals surface area contributed by atoms with Gasteiger partial charge in [-0.25, -0.2) is 4.39 Å². The van der Waals surface area contributed by atoms with Crippen molar-refractivity contribution < 1.29 is 19.3 Å². The predicted molar refractivity (Wildman–Crippen MR) is 123 cm³/mol. The fourth-order valence-corrected chi connectivity index (χ4v) is 4.28. The van der Waals surface area contributed by atoms with Gasteiger partial charge in [0, 0.05) is 24.6 Å². The Labute approximate surface area is 189 Å². The second kappa shape index (κ2) is 12.2. The van der Waals surface area contributed by atoms with E-state index < -0.39 is 12.2 Å². The summed E-state index contributed by atoms with van der Waals surface area (Å²) >= 11 is 0. The molecule has 2 aromatic rings. The van der Waals surface area contributed by atoms with Crippen LogP contribution in [0.25, 0.3) is 11.1 Å². The third-order valence-electron chi connectivity index (χ3n) is 6.31. The number of nitrogens with zero attached hydrogens (tertiary/aromatic N) is 2. The molecule has 2 aromatic carbocycles. The van der Waals surface area contributed by atoms with E-state index in [9.17, 15) is 19.5 Å². The lowest BCUT2D eigenvalue weighted by atomic mass is 9.86. The number of β-amino-alcohol motifs (C(OH)–C–C–N with tert-alkyl or cyclic N) is 1. The van der Waals surface area contributed by atoms with Crippen LogP contribution in [0.3, 0.4) is 0 Å². The SMILES string of the molecule is C[C@H]1[C@H](O)[C@H](CN=O)N(CCCCCOCc2ccc(-c3ccccc3)c(F)c2)C[C@@H]1O. The highest BCUT2D eigenvalue weighted by Gasteiger charge is 2.39. The Kier molecular flexibility index (Phi) is 9.29. The number of ether oxygens (including phenoxy) is 1. The van der Waals surface area contributed by atoms with Gasteiger partial charge >= 0.3 is 0 Å². The summed E-state index contributed by atoms with van der Waals surface area (Å²) in [6, 6.07) is 14.3. The molecule has 174 valence electrons. The van der Waals surface area contributed by atoms with E-state index in [-0.39, 0.29) is 24.3 Å². The molecule has 7 heteroatoms. The van der Waals surface area contributed by atoms with Gasteiger partial charge in [-0.2, -0.15) is 4.91 Å². The molecule has 32 heavy (non-hydrogen) atoms. The second-order valence-electron chi connectivity index (χ2n) is 8.58. The molecular formula is C25H33FN2O4. The van der Waals surface area contributed by atoms with E-state index >= 15 is 0 Å². The Morgan fingerprint density at radius 2 is 1.91 bits per heavy atom. The highest BCUT2D eigenvalue weighted by atomic mass is 19.1. The van der Waals surface area contributed by atoms with Gasteiger partial charge in [-0.05, 0) is 43.0 Å². The van der Waals surface area contributed by atoms with Crippen molar-refractivity contribution in [2.75, 3.05) is 26.2 Å². The van der Waals surface area contributed by atoms with Crippen LogP contribution >= 0.6 is 0 Å². The lowest BCUT2D eigenvalue weighted by molar-refractivity contribution is -0.0870. The first-order chi connectivity index (χ1) is 15.5. The summed E-state index contributed by atoms with van der Waals surface area (Å²) in [5.41, 5.74) is 2.24. The Hall–Kier alpha value is -2.19. The van der Waals surface area contributed by atoms with Crippen molar-refractivity contribution in [1.29, 1.82) is 0 Å². The number of halogens is 1. The lowest BCUT2D eigenvalue weighted by Gasteiger charge is -2.43. The molecule has 1 aliphatic heterocycles. The number of rotatable bonds is 11. The van der Waals surface area contributed by atoms with E-state index in [1.807, 2.05) is 41.3 Å². The van der Waals surface area contributed by atoms with Crippen LogP contribution in [0.5, 0.6) is 0 Å². The van der Waals surface area contributed by atoms with Gasteiger partial charge in [0.25, 0.3) is 0 Å². The smallest absolute Gasteiger partial charge is 0.131 e. The number of piperidine rings is 1. The summed E-state index contributed by atoms with van der Waals surface area (Å²) < 4.78 is 20.1. The predicted octanol–water partition coefficient (Wildman–Crippen LogP) is 3.99. The first-order valence-electron chi connectivity index (χ1n) is 11.3. The van der Waals surface area contributed by atoms with Gasteiger partial charge in [0.05, 0.1) is 31.4 Å². The molecule has 3 rings (SSSR count). The summed E-state index contributed by atoms with van der Waals surface area (Å²) in [4.78, 5) is 12.7. The molecule has 0 spiro atoms. The van der Waals surface area contributed by atoms with Crippen LogP contribution in [-0.2, 0) is 11.3 Å². The normalized spacial score (nSPS) is 23.9. The second-order valence-corrected chi connectivity index (χ2v) is 8.58. The van der Waals surface area contributed by atoms with E-state index in [1.165, 1.54) is 6.07 Å². The Bertz CT molecular complexity index is 851. The lowest BCUT2D eigenvalue weighted by Crippen LogP contribution is -2.59. The molecule has 1 saturated heterocycles. The first kappa shape index (κ1) is 24.5. The van der Waals surface area contributed by atoms with Crippen LogP contribution in [0, 0.1) is 16.6 Å². The van der Waals surface area contributed by atoms with Crippen LogP contribution in [0.2, 0.25) is 0 Å². The minimum Gasteiger partial charge on any atom is -0.391 e. The molecule has 4 atom stereocenters. The number of hydrogen-bond acceptors (Lipinski definition) is 6. The van der Waals surface area contributed by atoms with Crippen molar-refractivity contribution in [3.63, 3.8) is 0 Å². The number of unbranched alkanes of at least 4 members (excludes halogenated alkanes) is 2. The van der Waals surface area contributed by atoms with Gasteiger partial charge in [0.1, 0.15) is 5.82 Å². The first-order valence-corrected chi connectivity index (χ1v) is 11.3. The Balaban J connectivity index is 1.36. The van der Waals surface area contributed by atoms with Gasteiger partial charge in [-0.15, -0.1) is 0 Å². The largest absolute Gasteiger partial charge is 0.391 e. The average Bonchev–Trinajstić information content (AvgIpc) is 2.80. The topological polar surface area (TPSA) is 82.4 Å². The molecule has 1 heterocycles. The van der Waals surface area contributed by atoms with Crippen LogP contribution in [0.4, 0.5) is 4.39 Å². The zero-order chi connectivity index (χ0) is 22.9. The summed E-state index contributed by atoms with van der Waals surface area (Å²) in [6.45, 7) is 3.89. The highest BCUT2D eigenvalue weighted by molar-refractivity contribution is 5.64. The number of benzene rings is 2. The van der Waals surface area contributed by atoms with E-state index in [4.69, 9.17) is 4.74 Å². The zero-order valence-electron chi connectivity index (χ0n) is 18.6. The highest BCUT2D eigenvalue weighted by Crippen LogP contribution is 2.25. The molecule has 0 saturated carbocycles. The van der Waals surface area contributed by atoms with Crippen LogP contribution in [0.1, 0.15) is 31.7 Å². The maximum Gasteiger partial charge on any atom is 0.131 e. The molecule has 1 aliphatic rings. The molecule has 0 bridgehead atoms. The molecule has 0 radical (unpaired) electrons. The number of aliphatic hydroxyl groups is 2. The van der Waals surface area contributed by atoms with Crippen molar-refractivity contribution in [3.05, 3.63) is 64.8 Å². The van der Waals surface area contributed by atoms with E-state index in [0.29, 0.717) is 31.9 Å². The van der Waals surface area contributed by atoms with Crippen molar-refractivity contribution in [3.8, 4) is 11.1 Å². The van der Waals surface area contributed by atoms with Crippen molar-refractivity contribution >= 4 is 0 Å². The summed E-state index contributed by atoms with van der Waals surface area (Å²) in [7, 11) is 0. The molecule has 0 aromatic heterocycles. The third-order valence-corrected chi connectivity index (χ3v) is 6.31. The zero-order valence-corrected chi connectivity index (χ0v) is 18.6. The molecule has 2 N–H and O–H groups in total. The quantitative estimate of drug-likeness (QED) is 0.405. The van der Waals surface area contributed by atoms with E-state index in [1.54, 1.807) is 13.0 Å². The molecule has 0 unspecified atom stereocenters. The Morgan fingerprint density at radius 3 is 2.62 bits per heavy atom. The van der Waals surface area contributed by atoms with Crippen molar-refractivity contribution in [2.24, 2.45) is 11.1 Å². The molecule has 0 aliphatic carbocycles. The molecule has 0 amide bonds. The van der Waals surface area contributed by atoms with Gasteiger partial charge in [-0.3, -0.25) is 4.90 Å². The van der Waals surface area contributed by atoms with E-state index in [0.717, 1.165) is 30.4 Å². The third kappa shape index (κ3) is 6.42. The van der Waals surface area contributed by atoms with E-state index in [2.05, 4.69) is 5.18 Å². The van der Waals surface area contributed by atoms with Crippen LogP contribution < -0.4 is 0 Å². The number of aliphatic hydroxyl groups excluding tert-OH is 2. The maximum absolute atomic E-state index is 14.4. The average molecular weight is 445 g/mol. The summed E-state index contributed by atoms with van der Waals surface area (Å²) in [6.07, 6.45) is 1.28. The Morgan fingerprint density at radius 1 is 1.12 bits per heavy atom. The fourth-order valence-electron chi connectivity index (χ4n) is 4.28. The number of likely N-dealkylation sites (tertiary alicyclic amines) is 1. The number of nitroso groups, excluding NO2 is 1. The molecule has 6 nitrogen and oxygen atoms in total. The van der Waals surface area contributed by atoms with Gasteiger partial charge in [0.2, 0.25) is 0 Å². The van der Waals surface area contributed by atoms with Crippen molar-refractivity contribution in [2.45, 2.75) is 51.0 Å². The maximum atomic E-state index is 14.4. The standard InChI is InChI=1S/C25H33FN2O4/c1-18-24(29)16-28(23(15-27-31)25(18)30)12-6-3-7-13-32-17-19-10-11-21(22(26)14-19)20-8-4-2-5-9-20/h2,4-5,8-11,14,18,23-25,29-30H,3,6-7,12-13,15-17H2,1H3/t18-,23+,24+,25+/m1/s1. The monoisotopic (exact) mass is 444 g/mol. The van der Waals surface area contributed by atoms with Crippen LogP contribution in [-0.4, -0.2) is 59.6 Å². The molecule has 1 fully saturated rings. The number of hydrogen-bond donors (Lipinski definition) is 2. The summed E-state index contributed by atoms with van der Waals surface area (Å²) in [5, 5.41) is 23.4. The van der Waals surface area contributed by atoms with Gasteiger partial charge in [0.15, 0.2) is 0 Å². The molecular weight excluding hydrogens is 411 g/mol. The minimum absolute atomic E-state index is 0.0287. The van der Waals surface area contributed by atoms with Crippen LogP contribution in [0.15, 0.2) is 53.7 Å². The van der Waals surface area contributed by atoms with Crippen molar-refractivity contribution in [1.82, 2.24) is 4.90 Å². The fraction of sp³-hybridized carbons (Fsp3) is 0.520. The summed E-state index contributed by atoms with van der Waals surface area (Å²) in [5.74, 6) is -0.519. The van der Waals surface area contributed by atoms with Gasteiger partial charge < -0.3 is 14.9 Å². The van der Waals surface area contributed by atoms with Gasteiger partial charge in [-0.1, -0.05) is 54.6 Å². The minimum atomic E-state index is -0.756.